The molecule has 12 heteroatoms. The van der Waals surface area contributed by atoms with Crippen LogP contribution in [0.3, 0.4) is 0 Å². The molecular weight excluding hydrogens is 450 g/mol. The second-order valence-corrected chi connectivity index (χ2v) is 9.98. The van der Waals surface area contributed by atoms with Crippen molar-refractivity contribution in [2.24, 2.45) is 0 Å². The zero-order chi connectivity index (χ0) is 24.4. The van der Waals surface area contributed by atoms with Crippen LogP contribution >= 0.6 is 0 Å². The van der Waals surface area contributed by atoms with E-state index in [1.54, 1.807) is 45.0 Å². The van der Waals surface area contributed by atoms with Crippen molar-refractivity contribution in [2.45, 2.75) is 26.3 Å². The first-order valence-electron chi connectivity index (χ1n) is 10.9. The molecule has 0 aromatic heterocycles. The maximum atomic E-state index is 13.1. The van der Waals surface area contributed by atoms with Gasteiger partial charge in [-0.15, -0.1) is 0 Å². The molecule has 1 atom stereocenters. The third-order valence-electron chi connectivity index (χ3n) is 6.19. The summed E-state index contributed by atoms with van der Waals surface area (Å²) in [5.41, 5.74) is -0.716. The molecule has 1 N–H and O–H groups in total. The molecule has 0 spiro atoms. The van der Waals surface area contributed by atoms with E-state index in [2.05, 4.69) is 5.32 Å². The first-order valence-corrected chi connectivity index (χ1v) is 12.3. The number of hydrogen-bond acceptors (Lipinski definition) is 6. The van der Waals surface area contributed by atoms with Crippen molar-refractivity contribution in [2.75, 3.05) is 52.9 Å². The number of hydrogen-bond donors (Lipinski definition) is 1. The Morgan fingerprint density at radius 2 is 1.67 bits per heavy atom. The largest absolute Gasteiger partial charge is 0.497 e. The third-order valence-corrected chi connectivity index (χ3v) is 8.37. The molecule has 1 unspecified atom stereocenters. The lowest BCUT2D eigenvalue weighted by Gasteiger charge is -2.36. The van der Waals surface area contributed by atoms with Gasteiger partial charge in [0.25, 0.3) is 16.1 Å². The van der Waals surface area contributed by atoms with E-state index in [-0.39, 0.29) is 26.2 Å². The van der Waals surface area contributed by atoms with Crippen LogP contribution in [0.1, 0.15) is 26.3 Å². The number of carbonyl (C=O) groups excluding carboxylic acids is 3. The van der Waals surface area contributed by atoms with Gasteiger partial charge in [0.15, 0.2) is 0 Å². The topological polar surface area (TPSA) is 120 Å². The smallest absolute Gasteiger partial charge is 0.325 e. The molecule has 1 aromatic carbocycles. The summed E-state index contributed by atoms with van der Waals surface area (Å²) < 4.78 is 33.2. The number of urea groups is 1. The number of nitrogens with one attached hydrogen (secondary N) is 1. The number of methoxy groups -OCH3 is 1. The van der Waals surface area contributed by atoms with Gasteiger partial charge in [0.1, 0.15) is 17.8 Å². The minimum absolute atomic E-state index is 0.161. The molecule has 4 amide bonds. The molecule has 2 aliphatic heterocycles. The summed E-state index contributed by atoms with van der Waals surface area (Å²) in [6.07, 6.45) is 0. The predicted octanol–water partition coefficient (Wildman–Crippen LogP) is 0.193. The zero-order valence-corrected chi connectivity index (χ0v) is 20.2. The van der Waals surface area contributed by atoms with E-state index in [0.29, 0.717) is 24.4 Å². The number of piperazine rings is 1. The highest BCUT2D eigenvalue weighted by molar-refractivity contribution is 7.86. The highest BCUT2D eigenvalue weighted by atomic mass is 32.2. The molecule has 0 saturated carbocycles. The summed E-state index contributed by atoms with van der Waals surface area (Å²) >= 11 is 0. The summed E-state index contributed by atoms with van der Waals surface area (Å²) in [5, 5.41) is 2.68. The lowest BCUT2D eigenvalue weighted by molar-refractivity contribution is -0.139. The minimum atomic E-state index is -3.57. The number of imide groups is 1. The lowest BCUT2D eigenvalue weighted by atomic mass is 9.92. The van der Waals surface area contributed by atoms with Gasteiger partial charge in [0.2, 0.25) is 5.91 Å². The Bertz CT molecular complexity index is 1000. The van der Waals surface area contributed by atoms with Crippen molar-refractivity contribution < 1.29 is 27.5 Å². The van der Waals surface area contributed by atoms with Crippen LogP contribution in [0.5, 0.6) is 5.75 Å². The number of carbonyl (C=O) groups is 3. The molecule has 33 heavy (non-hydrogen) atoms. The number of nitrogens with zero attached hydrogens (tertiary/aromatic N) is 4. The Kier molecular flexibility index (Phi) is 7.29. The molecule has 2 aliphatic rings. The zero-order valence-electron chi connectivity index (χ0n) is 19.4. The maximum absolute atomic E-state index is 13.1. The van der Waals surface area contributed by atoms with Gasteiger partial charge in [-0.05, 0) is 24.6 Å². The van der Waals surface area contributed by atoms with Gasteiger partial charge in [0.05, 0.1) is 7.11 Å². The highest BCUT2D eigenvalue weighted by Crippen LogP contribution is 2.30. The van der Waals surface area contributed by atoms with Crippen LogP contribution in [0.4, 0.5) is 4.79 Å². The highest BCUT2D eigenvalue weighted by Gasteiger charge is 2.49. The van der Waals surface area contributed by atoms with Crippen LogP contribution in [0.2, 0.25) is 0 Å². The van der Waals surface area contributed by atoms with E-state index in [4.69, 9.17) is 4.74 Å². The Balaban J connectivity index is 1.64. The molecule has 2 heterocycles. The average molecular weight is 482 g/mol. The Labute approximate surface area is 194 Å². The van der Waals surface area contributed by atoms with Crippen LogP contribution in [0.15, 0.2) is 24.3 Å². The Morgan fingerprint density at radius 1 is 1.09 bits per heavy atom. The fraction of sp³-hybridized carbons (Fsp3) is 0.571. The van der Waals surface area contributed by atoms with E-state index < -0.39 is 40.1 Å². The van der Waals surface area contributed by atoms with E-state index in [1.807, 2.05) is 0 Å². The molecule has 0 aliphatic carbocycles. The van der Waals surface area contributed by atoms with Gasteiger partial charge in [-0.2, -0.15) is 17.0 Å². The second-order valence-electron chi connectivity index (χ2n) is 8.05. The van der Waals surface area contributed by atoms with E-state index in [1.165, 1.54) is 20.6 Å². The number of amides is 4. The first kappa shape index (κ1) is 24.9. The molecule has 2 fully saturated rings. The summed E-state index contributed by atoms with van der Waals surface area (Å²) in [6, 6.07) is 6.13. The van der Waals surface area contributed by atoms with Crippen molar-refractivity contribution >= 4 is 28.1 Å². The molecule has 0 bridgehead atoms. The molecule has 0 radical (unpaired) electrons. The fourth-order valence-corrected chi connectivity index (χ4v) is 5.68. The van der Waals surface area contributed by atoms with Crippen molar-refractivity contribution in [3.8, 4) is 5.75 Å². The average Bonchev–Trinajstić information content (AvgIpc) is 3.03. The molecule has 11 nitrogen and oxygen atoms in total. The van der Waals surface area contributed by atoms with Gasteiger partial charge in [0, 0.05) is 39.3 Å². The first-order chi connectivity index (χ1) is 15.6. The summed E-state index contributed by atoms with van der Waals surface area (Å²) in [4.78, 5) is 40.9. The van der Waals surface area contributed by atoms with Gasteiger partial charge in [-0.3, -0.25) is 14.5 Å². The van der Waals surface area contributed by atoms with E-state index in [9.17, 15) is 22.8 Å². The number of rotatable bonds is 8. The standard InChI is InChI=1S/C21H31N5O6S/c1-5-24(6-2)33(30,31)25-13-11-23(12-14-25)18(27)15-26-19(28)21(3,22-20(26)29)16-7-9-17(32-4)10-8-16/h7-10H,5-6,11-15H2,1-4H3,(H,22,29). The van der Waals surface area contributed by atoms with Gasteiger partial charge >= 0.3 is 6.03 Å². The van der Waals surface area contributed by atoms with Crippen molar-refractivity contribution in [3.05, 3.63) is 29.8 Å². The summed E-state index contributed by atoms with van der Waals surface area (Å²) in [6.45, 7) is 6.20. The van der Waals surface area contributed by atoms with E-state index in [0.717, 1.165) is 4.90 Å². The number of ether oxygens (including phenoxy) is 1. The molecule has 2 saturated heterocycles. The summed E-state index contributed by atoms with van der Waals surface area (Å²) in [7, 11) is -2.04. The normalized spacial score (nSPS) is 22.1. The van der Waals surface area contributed by atoms with Crippen LogP contribution < -0.4 is 10.1 Å². The second kappa shape index (κ2) is 9.65. The molecular formula is C21H31N5O6S. The van der Waals surface area contributed by atoms with Crippen molar-refractivity contribution in [1.82, 2.24) is 23.7 Å². The maximum Gasteiger partial charge on any atom is 0.325 e. The third kappa shape index (κ3) is 4.68. The summed E-state index contributed by atoms with van der Waals surface area (Å²) in [5.74, 6) is -0.306. The minimum Gasteiger partial charge on any atom is -0.497 e. The Morgan fingerprint density at radius 3 is 2.18 bits per heavy atom. The molecule has 182 valence electrons. The lowest BCUT2D eigenvalue weighted by Crippen LogP contribution is -2.55. The van der Waals surface area contributed by atoms with Gasteiger partial charge in [-0.25, -0.2) is 4.79 Å². The Hall–Kier alpha value is -2.70. The fourth-order valence-electron chi connectivity index (χ4n) is 4.08. The monoisotopic (exact) mass is 481 g/mol. The predicted molar refractivity (Wildman–Crippen MR) is 121 cm³/mol. The van der Waals surface area contributed by atoms with Gasteiger partial charge < -0.3 is 15.0 Å². The van der Waals surface area contributed by atoms with Crippen molar-refractivity contribution in [3.63, 3.8) is 0 Å². The van der Waals surface area contributed by atoms with Gasteiger partial charge in [-0.1, -0.05) is 26.0 Å². The van der Waals surface area contributed by atoms with Crippen LogP contribution in [-0.2, 0) is 25.3 Å². The number of benzene rings is 1. The van der Waals surface area contributed by atoms with E-state index >= 15 is 0 Å². The SMILES string of the molecule is CCN(CC)S(=O)(=O)N1CCN(C(=O)CN2C(=O)NC(C)(c3ccc(OC)cc3)C2=O)CC1. The van der Waals surface area contributed by atoms with Crippen LogP contribution in [0.25, 0.3) is 0 Å². The van der Waals surface area contributed by atoms with Crippen molar-refractivity contribution in [1.29, 1.82) is 0 Å². The molecule has 3 rings (SSSR count). The molecule has 1 aromatic rings. The van der Waals surface area contributed by atoms with Crippen LogP contribution in [-0.4, -0.2) is 97.6 Å². The quantitative estimate of drug-likeness (QED) is 0.530. The van der Waals surface area contributed by atoms with Crippen LogP contribution in [0, 0.1) is 0 Å².